The van der Waals surface area contributed by atoms with Crippen LogP contribution in [0.3, 0.4) is 0 Å². The van der Waals surface area contributed by atoms with Crippen molar-refractivity contribution >= 4 is 23.2 Å². The van der Waals surface area contributed by atoms with Gasteiger partial charge in [0.25, 0.3) is 0 Å². The molecule has 0 bridgehead atoms. The van der Waals surface area contributed by atoms with Gasteiger partial charge < -0.3 is 15.4 Å². The fraction of sp³-hybridized carbons (Fsp3) is 0.333. The quantitative estimate of drug-likeness (QED) is 0.709. The summed E-state index contributed by atoms with van der Waals surface area (Å²) in [6.45, 7) is 6.05. The van der Waals surface area contributed by atoms with Crippen LogP contribution in [0.1, 0.15) is 25.0 Å². The summed E-state index contributed by atoms with van der Waals surface area (Å²) in [5.41, 5.74) is 3.43. The number of benzene rings is 2. The van der Waals surface area contributed by atoms with Crippen LogP contribution in [0, 0.1) is 12.8 Å². The lowest BCUT2D eigenvalue weighted by Crippen LogP contribution is -2.20. The molecule has 0 saturated carbocycles. The Morgan fingerprint density at radius 3 is 2.46 bits per heavy atom. The van der Waals surface area contributed by atoms with E-state index in [1.54, 1.807) is 6.07 Å². The maximum atomic E-state index is 12.1. The Bertz CT molecular complexity index is 742. The van der Waals surface area contributed by atoms with Crippen LogP contribution in [-0.2, 0) is 20.7 Å². The minimum atomic E-state index is -0.214. The highest BCUT2D eigenvalue weighted by molar-refractivity contribution is 5.95. The van der Waals surface area contributed by atoms with E-state index in [2.05, 4.69) is 10.6 Å². The van der Waals surface area contributed by atoms with E-state index >= 15 is 0 Å². The van der Waals surface area contributed by atoms with Crippen LogP contribution >= 0.6 is 0 Å². The number of carbonyl (C=O) groups is 2. The van der Waals surface area contributed by atoms with Gasteiger partial charge >= 0.3 is 0 Å². The van der Waals surface area contributed by atoms with Crippen molar-refractivity contribution in [3.05, 3.63) is 59.7 Å². The van der Waals surface area contributed by atoms with Gasteiger partial charge in [-0.3, -0.25) is 9.59 Å². The Hall–Kier alpha value is -2.66. The minimum absolute atomic E-state index is 0.00510. The van der Waals surface area contributed by atoms with Crippen LogP contribution in [0.2, 0.25) is 0 Å². The lowest BCUT2D eigenvalue weighted by molar-refractivity contribution is -0.120. The van der Waals surface area contributed by atoms with Crippen molar-refractivity contribution in [3.63, 3.8) is 0 Å². The molecule has 2 amide bonds. The molecule has 0 atom stereocenters. The fourth-order valence-electron chi connectivity index (χ4n) is 2.31. The predicted molar refractivity (Wildman–Crippen MR) is 104 cm³/mol. The third kappa shape index (κ3) is 6.33. The Morgan fingerprint density at radius 1 is 1.04 bits per heavy atom. The summed E-state index contributed by atoms with van der Waals surface area (Å²) >= 11 is 0. The predicted octanol–water partition coefficient (Wildman–Crippen LogP) is 3.79. The highest BCUT2D eigenvalue weighted by atomic mass is 16.5. The number of ether oxygens (including phenoxy) is 1. The third-order valence-corrected chi connectivity index (χ3v) is 3.91. The van der Waals surface area contributed by atoms with Gasteiger partial charge in [-0.15, -0.1) is 0 Å². The summed E-state index contributed by atoms with van der Waals surface area (Å²) in [6, 6.07) is 15.4. The molecule has 2 aromatic rings. The number of amides is 2. The first-order valence-electron chi connectivity index (χ1n) is 8.78. The van der Waals surface area contributed by atoms with E-state index in [1.165, 1.54) is 5.56 Å². The second-order valence-electron chi connectivity index (χ2n) is 6.51. The first-order chi connectivity index (χ1) is 12.5. The van der Waals surface area contributed by atoms with Gasteiger partial charge in [0.05, 0.1) is 6.61 Å². The Balaban J connectivity index is 1.83. The van der Waals surface area contributed by atoms with Crippen LogP contribution in [0.4, 0.5) is 11.4 Å². The summed E-state index contributed by atoms with van der Waals surface area (Å²) < 4.78 is 5.46. The Morgan fingerprint density at radius 2 is 1.77 bits per heavy atom. The molecular weight excluding hydrogens is 328 g/mol. The molecule has 2 N–H and O–H groups in total. The van der Waals surface area contributed by atoms with Crippen LogP contribution in [-0.4, -0.2) is 25.0 Å². The van der Waals surface area contributed by atoms with Crippen molar-refractivity contribution in [1.29, 1.82) is 0 Å². The molecule has 5 nitrogen and oxygen atoms in total. The zero-order chi connectivity index (χ0) is 18.9. The van der Waals surface area contributed by atoms with E-state index in [0.29, 0.717) is 18.0 Å². The van der Waals surface area contributed by atoms with Gasteiger partial charge in [0, 0.05) is 17.3 Å². The van der Waals surface area contributed by atoms with Gasteiger partial charge in [0.15, 0.2) is 0 Å². The fourth-order valence-corrected chi connectivity index (χ4v) is 2.31. The number of carbonyl (C=O) groups excluding carboxylic acids is 2. The van der Waals surface area contributed by atoms with E-state index in [0.717, 1.165) is 12.0 Å². The third-order valence-electron chi connectivity index (χ3n) is 3.91. The lowest BCUT2D eigenvalue weighted by Gasteiger charge is -2.13. The summed E-state index contributed by atoms with van der Waals surface area (Å²) in [5.74, 6) is -0.378. The number of rotatable bonds is 8. The van der Waals surface area contributed by atoms with Gasteiger partial charge in [0.2, 0.25) is 11.8 Å². The maximum absolute atomic E-state index is 12.1. The van der Waals surface area contributed by atoms with Crippen molar-refractivity contribution in [2.45, 2.75) is 27.2 Å². The molecule has 0 aromatic heterocycles. The average Bonchev–Trinajstić information content (AvgIpc) is 2.62. The zero-order valence-electron chi connectivity index (χ0n) is 15.5. The highest BCUT2D eigenvalue weighted by Crippen LogP contribution is 2.20. The van der Waals surface area contributed by atoms with Crippen molar-refractivity contribution in [1.82, 2.24) is 0 Å². The largest absolute Gasteiger partial charge is 0.371 e. The van der Waals surface area contributed by atoms with Crippen LogP contribution < -0.4 is 10.6 Å². The number of aryl methyl sites for hydroxylation is 1. The summed E-state index contributed by atoms with van der Waals surface area (Å²) in [6.07, 6.45) is 0.768. The Kier molecular flexibility index (Phi) is 7.36. The van der Waals surface area contributed by atoms with Crippen LogP contribution in [0.25, 0.3) is 0 Å². The van der Waals surface area contributed by atoms with Gasteiger partial charge in [0.1, 0.15) is 6.61 Å². The molecule has 0 spiro atoms. The molecule has 0 aliphatic heterocycles. The monoisotopic (exact) mass is 354 g/mol. The van der Waals surface area contributed by atoms with Gasteiger partial charge in [-0.2, -0.15) is 0 Å². The lowest BCUT2D eigenvalue weighted by atomic mass is 10.1. The smallest absolute Gasteiger partial charge is 0.250 e. The highest BCUT2D eigenvalue weighted by Gasteiger charge is 2.10. The molecule has 0 saturated heterocycles. The summed E-state index contributed by atoms with van der Waals surface area (Å²) in [5, 5.41) is 5.67. The van der Waals surface area contributed by atoms with Crippen molar-refractivity contribution in [2.75, 3.05) is 23.8 Å². The number of hydrogen-bond donors (Lipinski definition) is 2. The minimum Gasteiger partial charge on any atom is -0.371 e. The number of hydrogen-bond acceptors (Lipinski definition) is 3. The zero-order valence-corrected chi connectivity index (χ0v) is 15.5. The molecule has 138 valence electrons. The molecule has 2 rings (SSSR count). The first-order valence-corrected chi connectivity index (χ1v) is 8.78. The van der Waals surface area contributed by atoms with E-state index in [1.807, 2.05) is 63.2 Å². The summed E-state index contributed by atoms with van der Waals surface area (Å²) in [7, 11) is 0. The van der Waals surface area contributed by atoms with E-state index in [4.69, 9.17) is 4.74 Å². The van der Waals surface area contributed by atoms with Crippen LogP contribution in [0.5, 0.6) is 0 Å². The number of nitrogens with one attached hydrogen (secondary N) is 2. The molecule has 0 aliphatic rings. The van der Waals surface area contributed by atoms with E-state index in [-0.39, 0.29) is 24.3 Å². The van der Waals surface area contributed by atoms with Gasteiger partial charge in [-0.05, 0) is 36.6 Å². The van der Waals surface area contributed by atoms with Crippen LogP contribution in [0.15, 0.2) is 48.5 Å². The molecule has 0 heterocycles. The van der Waals surface area contributed by atoms with Crippen molar-refractivity contribution in [3.8, 4) is 0 Å². The molecule has 0 fully saturated rings. The SMILES string of the molecule is Cc1ccc(NC(=O)C(C)C)cc1NC(=O)COCCc1ccccc1. The van der Waals surface area contributed by atoms with E-state index < -0.39 is 0 Å². The number of anilines is 2. The first kappa shape index (κ1) is 19.7. The topological polar surface area (TPSA) is 67.4 Å². The maximum Gasteiger partial charge on any atom is 0.250 e. The summed E-state index contributed by atoms with van der Waals surface area (Å²) in [4.78, 5) is 23.9. The molecule has 26 heavy (non-hydrogen) atoms. The van der Waals surface area contributed by atoms with Crippen molar-refractivity contribution < 1.29 is 14.3 Å². The average molecular weight is 354 g/mol. The van der Waals surface area contributed by atoms with Crippen molar-refractivity contribution in [2.24, 2.45) is 5.92 Å². The molecule has 0 aliphatic carbocycles. The van der Waals surface area contributed by atoms with Gasteiger partial charge in [-0.1, -0.05) is 50.2 Å². The van der Waals surface area contributed by atoms with Gasteiger partial charge in [-0.25, -0.2) is 0 Å². The molecule has 2 aromatic carbocycles. The molecule has 5 heteroatoms. The molecular formula is C21H26N2O3. The van der Waals surface area contributed by atoms with E-state index in [9.17, 15) is 9.59 Å². The Labute approximate surface area is 154 Å². The standard InChI is InChI=1S/C21H26N2O3/c1-15(2)21(25)22-18-10-9-16(3)19(13-18)23-20(24)14-26-12-11-17-7-5-4-6-8-17/h4-10,13,15H,11-12,14H2,1-3H3,(H,22,25)(H,23,24). The molecule has 0 radical (unpaired) electrons. The molecule has 0 unspecified atom stereocenters. The second-order valence-corrected chi connectivity index (χ2v) is 6.51. The second kappa shape index (κ2) is 9.73. The normalized spacial score (nSPS) is 10.6.